The molecule has 1 aliphatic carbocycles. The summed E-state index contributed by atoms with van der Waals surface area (Å²) in [6, 6.07) is 0. The minimum Gasteiger partial charge on any atom is -0.0928 e. The molecule has 0 saturated heterocycles. The summed E-state index contributed by atoms with van der Waals surface area (Å²) in [6.45, 7) is 2.29. The lowest BCUT2D eigenvalue weighted by Gasteiger charge is -2.25. The first kappa shape index (κ1) is 11.3. The molecule has 0 bridgehead atoms. The first-order chi connectivity index (χ1) is 6.38. The van der Waals surface area contributed by atoms with E-state index in [1.54, 1.807) is 5.57 Å². The predicted molar refractivity (Wildman–Crippen MR) is 63.4 cm³/mol. The minimum atomic E-state index is 0.922. The van der Waals surface area contributed by atoms with Gasteiger partial charge in [-0.15, -0.1) is 0 Å². The van der Waals surface area contributed by atoms with Crippen molar-refractivity contribution in [3.05, 3.63) is 11.6 Å². The zero-order chi connectivity index (χ0) is 9.52. The van der Waals surface area contributed by atoms with Crippen LogP contribution in [0.25, 0.3) is 0 Å². The van der Waals surface area contributed by atoms with E-state index >= 15 is 0 Å². The maximum atomic E-state index is 3.52. The summed E-state index contributed by atoms with van der Waals surface area (Å²) in [6.07, 6.45) is 12.1. The molecule has 1 aliphatic rings. The zero-order valence-corrected chi connectivity index (χ0v) is 10.3. The molecule has 1 heteroatoms. The molecule has 0 aromatic rings. The molecule has 0 aromatic heterocycles. The van der Waals surface area contributed by atoms with Crippen LogP contribution in [0.3, 0.4) is 0 Å². The minimum absolute atomic E-state index is 0.922. The van der Waals surface area contributed by atoms with Gasteiger partial charge in [0, 0.05) is 5.33 Å². The molecule has 1 unspecified atom stereocenters. The highest BCUT2D eigenvalue weighted by Crippen LogP contribution is 2.32. The van der Waals surface area contributed by atoms with E-state index in [9.17, 15) is 0 Å². The number of rotatable bonds is 7. The van der Waals surface area contributed by atoms with Crippen LogP contribution in [-0.4, -0.2) is 5.33 Å². The first-order valence-electron chi connectivity index (χ1n) is 5.63. The normalized spacial score (nSPS) is 17.8. The van der Waals surface area contributed by atoms with Crippen molar-refractivity contribution in [2.24, 2.45) is 5.92 Å². The van der Waals surface area contributed by atoms with E-state index in [-0.39, 0.29) is 0 Å². The van der Waals surface area contributed by atoms with Crippen molar-refractivity contribution in [1.29, 1.82) is 0 Å². The largest absolute Gasteiger partial charge is 0.0928 e. The summed E-state index contributed by atoms with van der Waals surface area (Å²) in [5.74, 6) is 0.922. The summed E-state index contributed by atoms with van der Waals surface area (Å²) in [5, 5.41) is 1.17. The lowest BCUT2D eigenvalue weighted by molar-refractivity contribution is 0.463. The van der Waals surface area contributed by atoms with Crippen molar-refractivity contribution in [2.45, 2.75) is 51.9 Å². The third-order valence-electron chi connectivity index (χ3n) is 2.96. The Balaban J connectivity index is 2.25. The van der Waals surface area contributed by atoms with Gasteiger partial charge >= 0.3 is 0 Å². The van der Waals surface area contributed by atoms with Crippen LogP contribution in [0.1, 0.15) is 51.9 Å². The zero-order valence-electron chi connectivity index (χ0n) is 8.69. The molecular weight excluding hydrogens is 224 g/mol. The van der Waals surface area contributed by atoms with E-state index in [1.807, 2.05) is 0 Å². The highest BCUT2D eigenvalue weighted by atomic mass is 79.9. The Bertz CT molecular complexity index is 153. The van der Waals surface area contributed by atoms with Gasteiger partial charge in [0.2, 0.25) is 0 Å². The number of hydrogen-bond acceptors (Lipinski definition) is 0. The van der Waals surface area contributed by atoms with Gasteiger partial charge in [0.05, 0.1) is 0 Å². The van der Waals surface area contributed by atoms with Crippen LogP contribution in [-0.2, 0) is 0 Å². The highest BCUT2D eigenvalue weighted by Gasteiger charge is 2.16. The summed E-state index contributed by atoms with van der Waals surface area (Å²) >= 11 is 3.52. The van der Waals surface area contributed by atoms with E-state index in [1.165, 1.54) is 50.3 Å². The molecule has 0 radical (unpaired) electrons. The Morgan fingerprint density at radius 3 is 2.54 bits per heavy atom. The van der Waals surface area contributed by atoms with E-state index in [2.05, 4.69) is 28.9 Å². The van der Waals surface area contributed by atoms with Gasteiger partial charge < -0.3 is 0 Å². The van der Waals surface area contributed by atoms with Crippen molar-refractivity contribution >= 4 is 15.9 Å². The van der Waals surface area contributed by atoms with Gasteiger partial charge in [-0.05, 0) is 38.0 Å². The van der Waals surface area contributed by atoms with E-state index in [4.69, 9.17) is 0 Å². The molecule has 0 aliphatic heterocycles. The van der Waals surface area contributed by atoms with Crippen LogP contribution < -0.4 is 0 Å². The first-order valence-corrected chi connectivity index (χ1v) is 6.75. The molecule has 0 amide bonds. The molecule has 0 N–H and O–H groups in total. The fraction of sp³-hybridized carbons (Fsp3) is 0.833. The van der Waals surface area contributed by atoms with E-state index in [0.717, 1.165) is 5.92 Å². The van der Waals surface area contributed by atoms with Gasteiger partial charge in [-0.2, -0.15) is 0 Å². The summed E-state index contributed by atoms with van der Waals surface area (Å²) < 4.78 is 0. The van der Waals surface area contributed by atoms with Gasteiger partial charge in [-0.1, -0.05) is 47.3 Å². The number of allylic oxidation sites excluding steroid dienone is 2. The van der Waals surface area contributed by atoms with Crippen LogP contribution in [0.5, 0.6) is 0 Å². The third kappa shape index (κ3) is 3.84. The van der Waals surface area contributed by atoms with Crippen LogP contribution in [0, 0.1) is 5.92 Å². The van der Waals surface area contributed by atoms with E-state index < -0.39 is 0 Å². The Morgan fingerprint density at radius 2 is 2.08 bits per heavy atom. The standard InChI is InChI=1S/C12H21Br/c1-2-3-6-11(9-5-10-13)12-7-4-8-12/h7,11H,2-6,8-10H2,1H3. The molecule has 1 atom stereocenters. The van der Waals surface area contributed by atoms with Crippen LogP contribution in [0.4, 0.5) is 0 Å². The third-order valence-corrected chi connectivity index (χ3v) is 3.52. The maximum Gasteiger partial charge on any atom is 0.00315 e. The summed E-state index contributed by atoms with van der Waals surface area (Å²) in [4.78, 5) is 0. The van der Waals surface area contributed by atoms with E-state index in [0.29, 0.717) is 0 Å². The molecule has 76 valence electrons. The SMILES string of the molecule is CCCCC(CCCBr)C1=CCC1. The second-order valence-corrected chi connectivity index (χ2v) is 4.78. The molecule has 0 saturated carbocycles. The molecule has 0 fully saturated rings. The predicted octanol–water partition coefficient (Wildman–Crippen LogP) is 4.69. The van der Waals surface area contributed by atoms with Crippen molar-refractivity contribution in [1.82, 2.24) is 0 Å². The van der Waals surface area contributed by atoms with Crippen LogP contribution in [0.2, 0.25) is 0 Å². The average Bonchev–Trinajstić information content (AvgIpc) is 2.06. The van der Waals surface area contributed by atoms with Crippen molar-refractivity contribution < 1.29 is 0 Å². The van der Waals surface area contributed by atoms with Gasteiger partial charge in [-0.25, -0.2) is 0 Å². The maximum absolute atomic E-state index is 3.52. The fourth-order valence-electron chi connectivity index (χ4n) is 1.97. The lowest BCUT2D eigenvalue weighted by atomic mass is 9.81. The van der Waals surface area contributed by atoms with Crippen LogP contribution in [0.15, 0.2) is 11.6 Å². The number of halogens is 1. The number of alkyl halides is 1. The Hall–Kier alpha value is 0.220. The monoisotopic (exact) mass is 244 g/mol. The lowest BCUT2D eigenvalue weighted by Crippen LogP contribution is -2.09. The average molecular weight is 245 g/mol. The van der Waals surface area contributed by atoms with Crippen molar-refractivity contribution in [3.8, 4) is 0 Å². The van der Waals surface area contributed by atoms with Crippen LogP contribution >= 0.6 is 15.9 Å². The summed E-state index contributed by atoms with van der Waals surface area (Å²) in [7, 11) is 0. The second kappa shape index (κ2) is 6.64. The molecule has 0 aromatic carbocycles. The summed E-state index contributed by atoms with van der Waals surface area (Å²) in [5.41, 5.74) is 1.76. The Labute approximate surface area is 90.9 Å². The van der Waals surface area contributed by atoms with Gasteiger partial charge in [0.25, 0.3) is 0 Å². The Morgan fingerprint density at radius 1 is 1.38 bits per heavy atom. The molecule has 1 rings (SSSR count). The molecule has 0 heterocycles. The van der Waals surface area contributed by atoms with Crippen molar-refractivity contribution in [2.75, 3.05) is 5.33 Å². The molecule has 0 nitrogen and oxygen atoms in total. The van der Waals surface area contributed by atoms with Gasteiger partial charge in [-0.3, -0.25) is 0 Å². The number of hydrogen-bond donors (Lipinski definition) is 0. The molecule has 0 spiro atoms. The number of unbranched alkanes of at least 4 members (excludes halogenated alkanes) is 1. The van der Waals surface area contributed by atoms with Crippen molar-refractivity contribution in [3.63, 3.8) is 0 Å². The Kier molecular flexibility index (Phi) is 5.77. The molecule has 13 heavy (non-hydrogen) atoms. The highest BCUT2D eigenvalue weighted by molar-refractivity contribution is 9.09. The smallest absolute Gasteiger partial charge is 0.00315 e. The van der Waals surface area contributed by atoms with Gasteiger partial charge in [0.15, 0.2) is 0 Å². The fourth-order valence-corrected chi connectivity index (χ4v) is 2.29. The second-order valence-electron chi connectivity index (χ2n) is 3.99. The van der Waals surface area contributed by atoms with Gasteiger partial charge in [0.1, 0.15) is 0 Å². The quantitative estimate of drug-likeness (QED) is 0.451. The molecular formula is C12H21Br. The topological polar surface area (TPSA) is 0 Å².